The fraction of sp³-hybridized carbons (Fsp3) is 0.243. The third kappa shape index (κ3) is 7.92. The summed E-state index contributed by atoms with van der Waals surface area (Å²) < 4.78 is 4.21. The number of aryl methyl sites for hydroxylation is 2. The molecule has 49 heavy (non-hydrogen) atoms. The summed E-state index contributed by atoms with van der Waals surface area (Å²) in [6.07, 6.45) is 13.2. The lowest BCUT2D eigenvalue weighted by atomic mass is 10.1. The van der Waals surface area contributed by atoms with Gasteiger partial charge in [0, 0.05) is 61.3 Å². The maximum absolute atomic E-state index is 12.4. The van der Waals surface area contributed by atoms with Gasteiger partial charge in [-0.3, -0.25) is 29.0 Å². The molecule has 12 nitrogen and oxygen atoms in total. The highest BCUT2D eigenvalue weighted by Crippen LogP contribution is 2.23. The number of amides is 4. The molecule has 0 spiro atoms. The maximum Gasteiger partial charge on any atom is 0.261 e. The number of hydrogen-bond donors (Lipinski definition) is 0. The third-order valence-corrected chi connectivity index (χ3v) is 8.21. The first kappa shape index (κ1) is 32.9. The molecule has 2 aromatic carbocycles. The number of carbonyl (C=O) groups is 4. The first-order valence-electron chi connectivity index (χ1n) is 16.2. The molecule has 2 aliphatic rings. The highest BCUT2D eigenvalue weighted by molar-refractivity contribution is 6.22. The summed E-state index contributed by atoms with van der Waals surface area (Å²) in [5.41, 5.74) is 3.59. The van der Waals surface area contributed by atoms with E-state index < -0.39 is 0 Å². The Labute approximate surface area is 283 Å². The molecule has 0 aliphatic carbocycles. The maximum atomic E-state index is 12.4. The molecule has 4 amide bonds. The predicted molar refractivity (Wildman–Crippen MR) is 178 cm³/mol. The number of oxime groups is 2. The van der Waals surface area contributed by atoms with E-state index in [1.165, 1.54) is 9.80 Å². The number of fused-ring (bicyclic) bond motifs is 2. The van der Waals surface area contributed by atoms with Crippen molar-refractivity contribution in [2.24, 2.45) is 10.3 Å². The highest BCUT2D eigenvalue weighted by atomic mass is 16.6. The zero-order valence-electron chi connectivity index (χ0n) is 26.9. The summed E-state index contributed by atoms with van der Waals surface area (Å²) in [7, 11) is 0. The van der Waals surface area contributed by atoms with Crippen molar-refractivity contribution in [1.82, 2.24) is 9.80 Å². The molecule has 248 valence electrons. The summed E-state index contributed by atoms with van der Waals surface area (Å²) in [4.78, 5) is 62.9. The average molecular weight is 661 g/mol. The van der Waals surface area contributed by atoms with Crippen LogP contribution in [0.25, 0.3) is 0 Å². The van der Waals surface area contributed by atoms with E-state index >= 15 is 0 Å². The van der Waals surface area contributed by atoms with Crippen molar-refractivity contribution in [2.45, 2.75) is 32.4 Å². The van der Waals surface area contributed by atoms with E-state index in [9.17, 15) is 19.2 Å². The first-order chi connectivity index (χ1) is 24.0. The van der Waals surface area contributed by atoms with E-state index in [1.54, 1.807) is 61.0 Å². The molecule has 0 bridgehead atoms. The summed E-state index contributed by atoms with van der Waals surface area (Å²) >= 11 is 0. The Morgan fingerprint density at radius 2 is 0.857 bits per heavy atom. The van der Waals surface area contributed by atoms with Crippen LogP contribution in [0.15, 0.2) is 108 Å². The molecule has 0 unspecified atom stereocenters. The van der Waals surface area contributed by atoms with Gasteiger partial charge in [-0.2, -0.15) is 0 Å². The Morgan fingerprint density at radius 3 is 1.20 bits per heavy atom. The second kappa shape index (κ2) is 15.7. The minimum absolute atomic E-state index is 0.263. The van der Waals surface area contributed by atoms with Crippen LogP contribution in [-0.2, 0) is 22.8 Å². The van der Waals surface area contributed by atoms with Crippen LogP contribution < -0.4 is 9.13 Å². The van der Waals surface area contributed by atoms with Crippen molar-refractivity contribution in [2.75, 3.05) is 26.3 Å². The lowest BCUT2D eigenvalue weighted by Gasteiger charge is -2.12. The van der Waals surface area contributed by atoms with Crippen LogP contribution in [0.5, 0.6) is 0 Å². The predicted octanol–water partition coefficient (Wildman–Crippen LogP) is 3.43. The average Bonchev–Trinajstić information content (AvgIpc) is 3.52. The highest BCUT2D eigenvalue weighted by Gasteiger charge is 2.35. The first-order valence-corrected chi connectivity index (χ1v) is 16.2. The zero-order chi connectivity index (χ0) is 34.0. The van der Waals surface area contributed by atoms with E-state index in [4.69, 9.17) is 9.68 Å². The molecule has 4 aromatic rings. The largest absolute Gasteiger partial charge is 0.396 e. The van der Waals surface area contributed by atoms with Gasteiger partial charge in [0.15, 0.2) is 37.9 Å². The van der Waals surface area contributed by atoms with Crippen LogP contribution in [0.2, 0.25) is 0 Å². The van der Waals surface area contributed by atoms with E-state index in [0.29, 0.717) is 48.3 Å². The molecule has 4 heterocycles. The number of rotatable bonds is 16. The van der Waals surface area contributed by atoms with Gasteiger partial charge >= 0.3 is 0 Å². The number of aromatic nitrogens is 2. The van der Waals surface area contributed by atoms with Crippen molar-refractivity contribution < 1.29 is 38.0 Å². The van der Waals surface area contributed by atoms with E-state index in [1.807, 2.05) is 49.1 Å². The summed E-state index contributed by atoms with van der Waals surface area (Å²) in [6, 6.07) is 21.5. The normalized spacial score (nSPS) is 14.0. The van der Waals surface area contributed by atoms with Gasteiger partial charge < -0.3 is 9.68 Å². The quantitative estimate of drug-likeness (QED) is 0.0597. The fourth-order valence-electron chi connectivity index (χ4n) is 5.60. The summed E-state index contributed by atoms with van der Waals surface area (Å²) in [5.74, 6) is -1.05. The molecular weight excluding hydrogens is 624 g/mol. The van der Waals surface area contributed by atoms with Crippen LogP contribution in [0, 0.1) is 0 Å². The van der Waals surface area contributed by atoms with Crippen molar-refractivity contribution in [1.29, 1.82) is 0 Å². The Bertz CT molecular complexity index is 1680. The van der Waals surface area contributed by atoms with E-state index in [-0.39, 0.29) is 36.7 Å². The van der Waals surface area contributed by atoms with Crippen molar-refractivity contribution in [3.8, 4) is 0 Å². The number of nitrogens with zero attached hydrogens (tertiary/aromatic N) is 6. The monoisotopic (exact) mass is 660 g/mol. The molecule has 2 aromatic heterocycles. The van der Waals surface area contributed by atoms with E-state index in [2.05, 4.69) is 19.4 Å². The van der Waals surface area contributed by atoms with Gasteiger partial charge in [-0.15, -0.1) is 0 Å². The molecule has 12 heteroatoms. The molecule has 0 atom stereocenters. The van der Waals surface area contributed by atoms with Gasteiger partial charge in [0.25, 0.3) is 23.6 Å². The molecule has 0 fully saturated rings. The van der Waals surface area contributed by atoms with E-state index in [0.717, 1.165) is 30.6 Å². The third-order valence-electron chi connectivity index (χ3n) is 8.21. The molecular formula is C37H36N6O6+2. The SMILES string of the molecule is O=C1c2ccccc2C(=O)N1CCCO/N=C/c1cc[n+](CCC[n+]2ccc(/C=N/OCCCN3C(=O)c4ccccc4C3=O)cc2)cc1. The minimum atomic E-state index is -0.263. The Balaban J connectivity index is 0.829. The van der Waals surface area contributed by atoms with Gasteiger partial charge in [0.1, 0.15) is 13.2 Å². The standard InChI is InChI=1S/C37H36N6O6/c44-34-30-8-1-2-9-31(30)35(45)42(34)18-6-24-48-38-26-28-12-20-40(21-13-28)16-5-17-41-22-14-29(15-23-41)27-39-49-25-7-19-43-36(46)32-10-3-4-11-33(32)37(43)47/h1-4,8-15,20-23,26-27H,5-7,16-19,24-25H2/q+2/b38-26+,39-27+. The molecule has 0 radical (unpaired) electrons. The second-order valence-corrected chi connectivity index (χ2v) is 11.5. The van der Waals surface area contributed by atoms with Crippen molar-refractivity contribution >= 4 is 36.1 Å². The molecule has 0 saturated heterocycles. The van der Waals surface area contributed by atoms with Gasteiger partial charge in [-0.25, -0.2) is 9.13 Å². The molecule has 0 saturated carbocycles. The second-order valence-electron chi connectivity index (χ2n) is 11.5. The lowest BCUT2D eigenvalue weighted by Crippen LogP contribution is -2.38. The van der Waals surface area contributed by atoms with Crippen LogP contribution in [0.3, 0.4) is 0 Å². The Kier molecular flexibility index (Phi) is 10.5. The van der Waals surface area contributed by atoms with Crippen molar-refractivity contribution in [3.05, 3.63) is 131 Å². The number of carbonyl (C=O) groups excluding carboxylic acids is 4. The number of imide groups is 2. The Morgan fingerprint density at radius 1 is 0.510 bits per heavy atom. The van der Waals surface area contributed by atoms with Crippen molar-refractivity contribution in [3.63, 3.8) is 0 Å². The summed E-state index contributed by atoms with van der Waals surface area (Å²) in [6.45, 7) is 2.84. The van der Waals surface area contributed by atoms with Crippen LogP contribution in [0.1, 0.15) is 71.8 Å². The zero-order valence-corrected chi connectivity index (χ0v) is 26.9. The van der Waals surface area contributed by atoms with Gasteiger partial charge in [0.05, 0.1) is 41.1 Å². The molecule has 2 aliphatic heterocycles. The summed E-state index contributed by atoms with van der Waals surface area (Å²) in [5, 5.41) is 8.03. The number of benzene rings is 2. The number of hydrogen-bond acceptors (Lipinski definition) is 8. The number of pyridine rings is 2. The van der Waals surface area contributed by atoms with Gasteiger partial charge in [0.2, 0.25) is 0 Å². The smallest absolute Gasteiger partial charge is 0.261 e. The van der Waals surface area contributed by atoms with Gasteiger partial charge in [-0.05, 0) is 24.3 Å². The van der Waals surface area contributed by atoms with Crippen LogP contribution in [0.4, 0.5) is 0 Å². The lowest BCUT2D eigenvalue weighted by molar-refractivity contribution is -0.726. The molecule has 0 N–H and O–H groups in total. The van der Waals surface area contributed by atoms with Gasteiger partial charge in [-0.1, -0.05) is 34.6 Å². The topological polar surface area (TPSA) is 126 Å². The Hall–Kier alpha value is -6.04. The molecule has 6 rings (SSSR count). The minimum Gasteiger partial charge on any atom is -0.396 e. The fourth-order valence-corrected chi connectivity index (χ4v) is 5.60. The van der Waals surface area contributed by atoms with Crippen LogP contribution >= 0.6 is 0 Å². The van der Waals surface area contributed by atoms with Crippen LogP contribution in [-0.4, -0.2) is 72.2 Å².